The molecule has 6 heteroatoms. The van der Waals surface area contributed by atoms with Crippen molar-refractivity contribution < 1.29 is 4.74 Å². The maximum absolute atomic E-state index is 13.2. The third-order valence-corrected chi connectivity index (χ3v) is 9.18. The first-order valence-corrected chi connectivity index (χ1v) is 11.3. The Labute approximate surface area is 178 Å². The van der Waals surface area contributed by atoms with Crippen LogP contribution in [0.4, 0.5) is 0 Å². The molecule has 3 heterocycles. The highest BCUT2D eigenvalue weighted by atomic mass is 16.5. The predicted octanol–water partition coefficient (Wildman–Crippen LogP) is 2.16. The van der Waals surface area contributed by atoms with Gasteiger partial charge in [0.15, 0.2) is 0 Å². The molecule has 3 aromatic rings. The summed E-state index contributed by atoms with van der Waals surface area (Å²) < 4.78 is 11.7. The zero-order valence-corrected chi connectivity index (χ0v) is 17.2. The number of hydrogen-bond donors (Lipinski definition) is 0. The van der Waals surface area contributed by atoms with Gasteiger partial charge in [-0.1, -0.05) is 60.7 Å². The first-order valence-electron chi connectivity index (χ1n) is 11.3. The first-order chi connectivity index (χ1) is 15.2. The summed E-state index contributed by atoms with van der Waals surface area (Å²) >= 11 is 0. The number of rotatable bonds is 5. The van der Waals surface area contributed by atoms with Gasteiger partial charge in [0.05, 0.1) is 18.2 Å². The van der Waals surface area contributed by atoms with Crippen molar-refractivity contribution >= 4 is 0 Å². The Morgan fingerprint density at radius 3 is 1.94 bits per heavy atom. The fourth-order valence-electron chi connectivity index (χ4n) is 8.32. The lowest BCUT2D eigenvalue weighted by molar-refractivity contribution is -0.0674. The van der Waals surface area contributed by atoms with Crippen LogP contribution >= 0.6 is 0 Å². The SMILES string of the molecule is Cn1c(=O)n2n(c1=O)C1(COC(c3ccccc3)c3ccccc3)[C@@H]3[C@H]4C2[C@H]2[C@@H]([C@H]43)[C@H]21. The van der Waals surface area contributed by atoms with Crippen molar-refractivity contribution in [2.45, 2.75) is 17.7 Å². The molecule has 31 heavy (non-hydrogen) atoms. The van der Waals surface area contributed by atoms with E-state index in [0.29, 0.717) is 42.1 Å². The van der Waals surface area contributed by atoms with Crippen LogP contribution in [0.3, 0.4) is 0 Å². The highest BCUT2D eigenvalue weighted by Gasteiger charge is 2.95. The highest BCUT2D eigenvalue weighted by molar-refractivity contribution is 5.42. The highest BCUT2D eigenvalue weighted by Crippen LogP contribution is 2.93. The molecule has 0 saturated heterocycles. The van der Waals surface area contributed by atoms with Crippen LogP contribution < -0.4 is 11.4 Å². The van der Waals surface area contributed by atoms with Gasteiger partial charge >= 0.3 is 11.4 Å². The zero-order chi connectivity index (χ0) is 20.6. The van der Waals surface area contributed by atoms with E-state index in [-0.39, 0.29) is 29.1 Å². The quantitative estimate of drug-likeness (QED) is 0.644. The van der Waals surface area contributed by atoms with Gasteiger partial charge in [0, 0.05) is 7.05 Å². The number of aromatic nitrogens is 3. The van der Waals surface area contributed by atoms with Crippen LogP contribution in [0.1, 0.15) is 23.3 Å². The van der Waals surface area contributed by atoms with Gasteiger partial charge in [-0.25, -0.2) is 23.5 Å². The van der Waals surface area contributed by atoms with Crippen molar-refractivity contribution in [2.75, 3.05) is 6.61 Å². The van der Waals surface area contributed by atoms with Gasteiger partial charge in [-0.15, -0.1) is 0 Å². The molecule has 0 radical (unpaired) electrons. The van der Waals surface area contributed by atoms with E-state index in [9.17, 15) is 9.59 Å². The molecule has 0 amide bonds. The Morgan fingerprint density at radius 1 is 0.839 bits per heavy atom. The molecule has 0 spiro atoms. The molecule has 2 aliphatic heterocycles. The lowest BCUT2D eigenvalue weighted by Gasteiger charge is -2.47. The average Bonchev–Trinajstić information content (AvgIpc) is 3.66. The smallest absolute Gasteiger partial charge is 0.347 e. The lowest BCUT2D eigenvalue weighted by Crippen LogP contribution is -2.59. The minimum atomic E-state index is -0.362. The minimum absolute atomic E-state index is 0.155. The van der Waals surface area contributed by atoms with E-state index in [0.717, 1.165) is 11.1 Å². The number of benzene rings is 2. The van der Waals surface area contributed by atoms with Crippen LogP contribution in [0.5, 0.6) is 0 Å². The summed E-state index contributed by atoms with van der Waals surface area (Å²) in [6.45, 7) is 0.479. The summed E-state index contributed by atoms with van der Waals surface area (Å²) in [7, 11) is 1.61. The topological polar surface area (TPSA) is 58.2 Å². The van der Waals surface area contributed by atoms with E-state index < -0.39 is 0 Å². The van der Waals surface area contributed by atoms with Crippen LogP contribution in [0.2, 0.25) is 0 Å². The van der Waals surface area contributed by atoms with Crippen molar-refractivity contribution in [3.05, 3.63) is 92.8 Å². The van der Waals surface area contributed by atoms with E-state index in [1.807, 2.05) is 45.8 Å². The summed E-state index contributed by atoms with van der Waals surface area (Å²) in [5, 5.41) is 0. The molecule has 6 nitrogen and oxygen atoms in total. The van der Waals surface area contributed by atoms with Crippen molar-refractivity contribution in [2.24, 2.45) is 42.6 Å². The summed E-state index contributed by atoms with van der Waals surface area (Å²) in [5.74, 6) is 3.48. The second kappa shape index (κ2) is 5.13. The molecule has 4 aliphatic carbocycles. The van der Waals surface area contributed by atoms with Crippen molar-refractivity contribution in [3.63, 3.8) is 0 Å². The molecule has 8 atom stereocenters. The third-order valence-electron chi connectivity index (χ3n) is 9.18. The van der Waals surface area contributed by atoms with E-state index in [1.54, 1.807) is 7.05 Å². The predicted molar refractivity (Wildman–Crippen MR) is 113 cm³/mol. The molecule has 2 bridgehead atoms. The number of nitrogens with zero attached hydrogens (tertiary/aromatic N) is 3. The molecule has 6 aliphatic rings. The van der Waals surface area contributed by atoms with Gasteiger partial charge in [0.2, 0.25) is 0 Å². The molecule has 2 unspecified atom stereocenters. The maximum Gasteiger partial charge on any atom is 0.347 e. The molecule has 156 valence electrons. The second-order valence-electron chi connectivity index (χ2n) is 10.1. The number of ether oxygens (including phenoxy) is 1. The van der Waals surface area contributed by atoms with Gasteiger partial charge in [0.1, 0.15) is 6.10 Å². The molecule has 4 fully saturated rings. The summed E-state index contributed by atoms with van der Waals surface area (Å²) in [6.07, 6.45) is -0.194. The maximum atomic E-state index is 13.2. The second-order valence-corrected chi connectivity index (χ2v) is 10.1. The average molecular weight is 413 g/mol. The van der Waals surface area contributed by atoms with Crippen LogP contribution in [-0.2, 0) is 17.3 Å². The minimum Gasteiger partial charge on any atom is -0.366 e. The van der Waals surface area contributed by atoms with Crippen molar-refractivity contribution in [3.8, 4) is 0 Å². The molecule has 9 rings (SSSR count). The van der Waals surface area contributed by atoms with Crippen molar-refractivity contribution in [1.29, 1.82) is 0 Å². The van der Waals surface area contributed by atoms with E-state index >= 15 is 0 Å². The monoisotopic (exact) mass is 413 g/mol. The summed E-state index contributed by atoms with van der Waals surface area (Å²) in [6, 6.07) is 20.8. The standard InChI is InChI=1S/C25H23N3O3/c1-26-23(29)27-21-17-15-16-18(21)20(16)25(19(15)17,28(27)24(26)30)12-31-22(13-8-4-2-5-9-13)14-10-6-3-7-11-14/h2-11,15-22H,12H2,1H3/t15-,16-,17+,18+,19-,20+,21?,25?/m1/s1. The fourth-order valence-corrected chi connectivity index (χ4v) is 8.32. The summed E-state index contributed by atoms with van der Waals surface area (Å²) in [4.78, 5) is 26.1. The van der Waals surface area contributed by atoms with Gasteiger partial charge in [-0.2, -0.15) is 0 Å². The van der Waals surface area contributed by atoms with E-state index in [1.165, 1.54) is 4.57 Å². The normalized spacial score (nSPS) is 39.1. The molecule has 0 N–H and O–H groups in total. The van der Waals surface area contributed by atoms with Crippen LogP contribution in [0.25, 0.3) is 0 Å². The lowest BCUT2D eigenvalue weighted by atomic mass is 9.77. The molecule has 4 saturated carbocycles. The van der Waals surface area contributed by atoms with Gasteiger partial charge in [-0.3, -0.25) is 0 Å². The molecular weight excluding hydrogens is 390 g/mol. The van der Waals surface area contributed by atoms with E-state index in [2.05, 4.69) is 24.3 Å². The molecule has 2 aromatic carbocycles. The van der Waals surface area contributed by atoms with Crippen molar-refractivity contribution in [1.82, 2.24) is 13.9 Å². The first kappa shape index (κ1) is 16.8. The zero-order valence-electron chi connectivity index (χ0n) is 17.2. The van der Waals surface area contributed by atoms with E-state index in [4.69, 9.17) is 4.74 Å². The largest absolute Gasteiger partial charge is 0.366 e. The Balaban J connectivity index is 1.25. The molecular formula is C25H23N3O3. The Morgan fingerprint density at radius 2 is 1.39 bits per heavy atom. The number of hydrogen-bond acceptors (Lipinski definition) is 3. The summed E-state index contributed by atoms with van der Waals surface area (Å²) in [5.41, 5.74) is 1.53. The Hall–Kier alpha value is -2.86. The van der Waals surface area contributed by atoms with Crippen LogP contribution in [0, 0.1) is 35.5 Å². The van der Waals surface area contributed by atoms with Crippen LogP contribution in [-0.4, -0.2) is 20.5 Å². The Kier molecular flexibility index (Phi) is 2.78. The van der Waals surface area contributed by atoms with Gasteiger partial charge < -0.3 is 4.74 Å². The van der Waals surface area contributed by atoms with Crippen LogP contribution in [0.15, 0.2) is 70.3 Å². The fraction of sp³-hybridized carbons (Fsp3) is 0.440. The van der Waals surface area contributed by atoms with Gasteiger partial charge in [0.25, 0.3) is 0 Å². The Bertz CT molecular complexity index is 1290. The van der Waals surface area contributed by atoms with Gasteiger partial charge in [-0.05, 0) is 46.6 Å². The molecule has 1 aromatic heterocycles. The third kappa shape index (κ3) is 1.68.